The van der Waals surface area contributed by atoms with Gasteiger partial charge in [-0.2, -0.15) is 0 Å². The number of ether oxygens (including phenoxy) is 2. The summed E-state index contributed by atoms with van der Waals surface area (Å²) in [6.45, 7) is 1.20. The normalized spacial score (nSPS) is 31.4. The fraction of sp³-hybridized carbons (Fsp3) is 0.611. The van der Waals surface area contributed by atoms with E-state index in [0.29, 0.717) is 44.6 Å². The fourth-order valence-electron chi connectivity index (χ4n) is 3.36. The number of rotatable bonds is 4. The molecule has 0 bridgehead atoms. The van der Waals surface area contributed by atoms with Crippen LogP contribution in [0.3, 0.4) is 0 Å². The maximum absolute atomic E-state index is 12.3. The van der Waals surface area contributed by atoms with Gasteiger partial charge < -0.3 is 25.0 Å². The second-order valence-corrected chi connectivity index (χ2v) is 6.53. The molecule has 3 N–H and O–H groups in total. The summed E-state index contributed by atoms with van der Waals surface area (Å²) in [5.74, 6) is 0.539. The van der Waals surface area contributed by atoms with E-state index in [0.717, 1.165) is 0 Å². The SMILES string of the molecule is O=C(N[C@@H]1CC[C@@H](Oc2ccccc2)[C@H](O)[C@H]1O)C1CCOCC1. The Bertz CT molecular complexity index is 531. The van der Waals surface area contributed by atoms with Crippen LogP contribution >= 0.6 is 0 Å². The molecule has 1 saturated carbocycles. The Balaban J connectivity index is 1.54. The van der Waals surface area contributed by atoms with Gasteiger partial charge in [0, 0.05) is 19.1 Å². The standard InChI is InChI=1S/C18H25NO5/c20-16-14(19-18(22)12-8-10-23-11-9-12)6-7-15(17(16)21)24-13-4-2-1-3-5-13/h1-5,12,14-17,20-21H,6-11H2,(H,19,22)/t14-,15-,16+,17+/m1/s1. The highest BCUT2D eigenvalue weighted by Gasteiger charge is 2.40. The van der Waals surface area contributed by atoms with Crippen molar-refractivity contribution in [1.29, 1.82) is 0 Å². The van der Waals surface area contributed by atoms with Gasteiger partial charge in [0.05, 0.1) is 6.04 Å². The van der Waals surface area contributed by atoms with Crippen molar-refractivity contribution in [3.63, 3.8) is 0 Å². The van der Waals surface area contributed by atoms with E-state index in [2.05, 4.69) is 5.32 Å². The molecule has 1 aromatic carbocycles. The molecular weight excluding hydrogens is 310 g/mol. The molecule has 24 heavy (non-hydrogen) atoms. The van der Waals surface area contributed by atoms with Gasteiger partial charge in [0.2, 0.25) is 5.91 Å². The zero-order valence-corrected chi connectivity index (χ0v) is 13.6. The zero-order valence-electron chi connectivity index (χ0n) is 13.6. The summed E-state index contributed by atoms with van der Waals surface area (Å²) < 4.78 is 11.0. The molecule has 1 amide bonds. The van der Waals surface area contributed by atoms with Crippen molar-refractivity contribution in [2.45, 2.75) is 50.0 Å². The lowest BCUT2D eigenvalue weighted by Crippen LogP contribution is -2.58. The molecule has 0 spiro atoms. The van der Waals surface area contributed by atoms with Crippen LogP contribution in [0.15, 0.2) is 30.3 Å². The Kier molecular flexibility index (Phi) is 5.71. The number of hydrogen-bond acceptors (Lipinski definition) is 5. The maximum Gasteiger partial charge on any atom is 0.223 e. The summed E-state index contributed by atoms with van der Waals surface area (Å²) in [7, 11) is 0. The van der Waals surface area contributed by atoms with Gasteiger partial charge >= 0.3 is 0 Å². The number of carbonyl (C=O) groups is 1. The Morgan fingerprint density at radius 2 is 1.75 bits per heavy atom. The van der Waals surface area contributed by atoms with E-state index in [1.807, 2.05) is 30.3 Å². The average Bonchev–Trinajstić information content (AvgIpc) is 2.63. The van der Waals surface area contributed by atoms with Gasteiger partial charge in [-0.25, -0.2) is 0 Å². The Labute approximate surface area is 141 Å². The highest BCUT2D eigenvalue weighted by Crippen LogP contribution is 2.25. The van der Waals surface area contributed by atoms with E-state index in [9.17, 15) is 15.0 Å². The van der Waals surface area contributed by atoms with Crippen molar-refractivity contribution in [2.24, 2.45) is 5.92 Å². The maximum atomic E-state index is 12.3. The summed E-state index contributed by atoms with van der Waals surface area (Å²) >= 11 is 0. The predicted molar refractivity (Wildman–Crippen MR) is 87.6 cm³/mol. The van der Waals surface area contributed by atoms with Gasteiger partial charge in [0.1, 0.15) is 24.1 Å². The quantitative estimate of drug-likeness (QED) is 0.760. The first-order valence-corrected chi connectivity index (χ1v) is 8.61. The number of aliphatic hydroxyl groups is 2. The molecule has 2 fully saturated rings. The minimum Gasteiger partial charge on any atom is -0.488 e. The molecule has 1 aliphatic heterocycles. The van der Waals surface area contributed by atoms with Crippen molar-refractivity contribution in [2.75, 3.05) is 13.2 Å². The Hall–Kier alpha value is -1.63. The van der Waals surface area contributed by atoms with Crippen LogP contribution in [-0.4, -0.2) is 53.7 Å². The third-order valence-electron chi connectivity index (χ3n) is 4.86. The van der Waals surface area contributed by atoms with Gasteiger partial charge in [0.25, 0.3) is 0 Å². The first kappa shape index (κ1) is 17.2. The molecule has 3 rings (SSSR count). The number of benzene rings is 1. The van der Waals surface area contributed by atoms with Crippen LogP contribution < -0.4 is 10.1 Å². The highest BCUT2D eigenvalue weighted by molar-refractivity contribution is 5.79. The van der Waals surface area contributed by atoms with E-state index in [1.165, 1.54) is 0 Å². The molecule has 2 aliphatic rings. The first-order valence-electron chi connectivity index (χ1n) is 8.61. The van der Waals surface area contributed by atoms with Crippen molar-refractivity contribution in [1.82, 2.24) is 5.32 Å². The summed E-state index contributed by atoms with van der Waals surface area (Å²) in [4.78, 5) is 12.3. The largest absolute Gasteiger partial charge is 0.488 e. The summed E-state index contributed by atoms with van der Waals surface area (Å²) in [6.07, 6.45) is 0.0265. The smallest absolute Gasteiger partial charge is 0.223 e. The van der Waals surface area contributed by atoms with Gasteiger partial charge in [-0.15, -0.1) is 0 Å². The van der Waals surface area contributed by atoms with Crippen LogP contribution in [-0.2, 0) is 9.53 Å². The van der Waals surface area contributed by atoms with E-state index in [4.69, 9.17) is 9.47 Å². The van der Waals surface area contributed by atoms with Crippen molar-refractivity contribution in [3.05, 3.63) is 30.3 Å². The van der Waals surface area contributed by atoms with Gasteiger partial charge in [-0.3, -0.25) is 4.79 Å². The molecule has 0 aromatic heterocycles. The number of hydrogen-bond donors (Lipinski definition) is 3. The molecule has 6 heteroatoms. The second-order valence-electron chi connectivity index (χ2n) is 6.53. The summed E-state index contributed by atoms with van der Waals surface area (Å²) in [6, 6.07) is 8.80. The van der Waals surface area contributed by atoms with E-state index < -0.39 is 24.4 Å². The Morgan fingerprint density at radius 1 is 1.04 bits per heavy atom. The van der Waals surface area contributed by atoms with Crippen LogP contribution in [0.1, 0.15) is 25.7 Å². The van der Waals surface area contributed by atoms with Crippen LogP contribution in [0.4, 0.5) is 0 Å². The van der Waals surface area contributed by atoms with Gasteiger partial charge in [-0.1, -0.05) is 18.2 Å². The van der Waals surface area contributed by atoms with Crippen LogP contribution in [0, 0.1) is 5.92 Å². The molecule has 132 valence electrons. The molecule has 1 heterocycles. The third kappa shape index (κ3) is 4.06. The lowest BCUT2D eigenvalue weighted by molar-refractivity contribution is -0.133. The van der Waals surface area contributed by atoms with E-state index >= 15 is 0 Å². The van der Waals surface area contributed by atoms with Gasteiger partial charge in [0.15, 0.2) is 0 Å². The van der Waals surface area contributed by atoms with Crippen molar-refractivity contribution < 1.29 is 24.5 Å². The van der Waals surface area contributed by atoms with Gasteiger partial charge in [-0.05, 0) is 37.8 Å². The van der Waals surface area contributed by atoms with E-state index in [-0.39, 0.29) is 11.8 Å². The monoisotopic (exact) mass is 335 g/mol. The number of aliphatic hydroxyl groups excluding tert-OH is 2. The molecule has 1 aromatic rings. The molecule has 4 atom stereocenters. The van der Waals surface area contributed by atoms with Crippen molar-refractivity contribution in [3.8, 4) is 5.75 Å². The van der Waals surface area contributed by atoms with Crippen LogP contribution in [0.25, 0.3) is 0 Å². The minimum atomic E-state index is -1.03. The lowest BCUT2D eigenvalue weighted by atomic mass is 9.87. The Morgan fingerprint density at radius 3 is 2.46 bits per heavy atom. The third-order valence-corrected chi connectivity index (χ3v) is 4.86. The summed E-state index contributed by atoms with van der Waals surface area (Å²) in [5, 5.41) is 23.6. The lowest BCUT2D eigenvalue weighted by Gasteiger charge is -2.38. The predicted octanol–water partition coefficient (Wildman–Crippen LogP) is 0.861. The second kappa shape index (κ2) is 7.96. The molecule has 0 radical (unpaired) electrons. The average molecular weight is 335 g/mol. The highest BCUT2D eigenvalue weighted by atomic mass is 16.5. The van der Waals surface area contributed by atoms with Crippen molar-refractivity contribution >= 4 is 5.91 Å². The topological polar surface area (TPSA) is 88.0 Å². The summed E-state index contributed by atoms with van der Waals surface area (Å²) in [5.41, 5.74) is 0. The van der Waals surface area contributed by atoms with Crippen LogP contribution in [0.2, 0.25) is 0 Å². The molecule has 1 aliphatic carbocycles. The number of para-hydroxylation sites is 1. The molecule has 1 saturated heterocycles. The fourth-order valence-corrected chi connectivity index (χ4v) is 3.36. The number of carbonyl (C=O) groups excluding carboxylic acids is 1. The zero-order chi connectivity index (χ0) is 16.9. The number of nitrogens with one attached hydrogen (secondary N) is 1. The molecule has 0 unspecified atom stereocenters. The number of amides is 1. The van der Waals surface area contributed by atoms with Crippen LogP contribution in [0.5, 0.6) is 5.75 Å². The molecular formula is C18H25NO5. The van der Waals surface area contributed by atoms with E-state index in [1.54, 1.807) is 0 Å². The minimum absolute atomic E-state index is 0.0584. The first-order chi connectivity index (χ1) is 11.6. The molecule has 6 nitrogen and oxygen atoms in total.